The zero-order valence-electron chi connectivity index (χ0n) is 55.6. The molecule has 0 radical (unpaired) electrons. The van der Waals surface area contributed by atoms with Crippen LogP contribution in [0.4, 0.5) is 0 Å². The molecule has 0 unspecified atom stereocenters. The van der Waals surface area contributed by atoms with Crippen molar-refractivity contribution < 1.29 is 19.5 Å². The first-order valence-electron chi connectivity index (χ1n) is 32.0. The summed E-state index contributed by atoms with van der Waals surface area (Å²) in [6.45, 7) is 34.7. The zero-order chi connectivity index (χ0) is 63.5. The maximum atomic E-state index is 5.65. The van der Waals surface area contributed by atoms with Gasteiger partial charge in [-0.15, -0.1) is 22.1 Å². The fourth-order valence-electron chi connectivity index (χ4n) is 14.9. The first-order valence-corrected chi connectivity index (χ1v) is 32.8. The number of halogens is 1. The van der Waals surface area contributed by atoms with Gasteiger partial charge in [0.2, 0.25) is 0 Å². The summed E-state index contributed by atoms with van der Waals surface area (Å²) in [7, 11) is 0. The number of hydrogen-bond donors (Lipinski definition) is 0. The van der Waals surface area contributed by atoms with Gasteiger partial charge in [-0.2, -0.15) is 0 Å². The van der Waals surface area contributed by atoms with Crippen molar-refractivity contribution in [2.24, 2.45) is 0 Å². The third-order valence-electron chi connectivity index (χ3n) is 19.3. The van der Waals surface area contributed by atoms with Crippen LogP contribution in [0.2, 0.25) is 0 Å². The van der Waals surface area contributed by atoms with Crippen LogP contribution in [0.5, 0.6) is 0 Å². The van der Waals surface area contributed by atoms with Gasteiger partial charge in [-0.05, 0) is 210 Å². The second kappa shape index (κ2) is 22.0. The summed E-state index contributed by atoms with van der Waals surface area (Å²) < 4.78 is 3.44. The van der Waals surface area contributed by atoms with Gasteiger partial charge in [0.1, 0.15) is 0 Å². The van der Waals surface area contributed by atoms with Crippen LogP contribution >= 0.6 is 15.9 Å². The van der Waals surface area contributed by atoms with Crippen LogP contribution in [0.15, 0.2) is 144 Å². The van der Waals surface area contributed by atoms with Crippen LogP contribution in [0.25, 0.3) is 134 Å². The first kappa shape index (κ1) is 60.9. The summed E-state index contributed by atoms with van der Waals surface area (Å²) in [6.07, 6.45) is 8.48. The number of nitrogens with zero attached hydrogens (tertiary/aromatic N) is 5. The molecule has 2 aliphatic rings. The van der Waals surface area contributed by atoms with Crippen molar-refractivity contribution in [2.75, 3.05) is 0 Å². The average Bonchev–Trinajstić information content (AvgIpc) is 1.47. The van der Waals surface area contributed by atoms with Gasteiger partial charge in [-0.3, -0.25) is 0 Å². The van der Waals surface area contributed by atoms with Crippen LogP contribution in [0, 0.1) is 53.4 Å². The minimum absolute atomic E-state index is 0. The van der Waals surface area contributed by atoms with E-state index in [1.54, 1.807) is 0 Å². The minimum Gasteiger partial charge on any atom is -0.656 e. The maximum Gasteiger partial charge on any atom is 2.00 e. The number of benzene rings is 9. The van der Waals surface area contributed by atoms with E-state index in [1.807, 2.05) is 0 Å². The van der Waals surface area contributed by atoms with Crippen molar-refractivity contribution in [1.82, 2.24) is 24.5 Å². The second-order valence-electron chi connectivity index (χ2n) is 29.0. The third-order valence-corrected chi connectivity index (χ3v) is 20.1. The molecule has 13 aromatic rings. The molecule has 0 spiro atoms. The van der Waals surface area contributed by atoms with Gasteiger partial charge in [-0.25, -0.2) is 9.97 Å². The quantitative estimate of drug-likeness (QED) is 0.0746. The molecule has 2 aliphatic heterocycles. The molecule has 9 aromatic carbocycles. The van der Waals surface area contributed by atoms with E-state index < -0.39 is 0 Å². The molecule has 0 aliphatic carbocycles. The Bertz CT molecular complexity index is 5430. The standard InChI is InChI=1S/C85H74BrN5.Zn/c1-46-36-48(3)74(49(4)37-46)78-66-30-28-64(87-66)62(65-29-31-67(88-65)79(75-50(5)38-47(2)39-51(75)6)69-33-35-71(90-69)82(86)70-34-32-68(78)89-70)27-24-54-42-72-80-76-58(54)18-16-19-59(76)60-20-17-21-61-63(53-22-25-55(26-23-53)83(7,8)9)44-73(81(80)77(60)61)91(72)45-52-40-56(84(10,11)12)43-57(41-52)85(13,14)15;/h16-23,25-26,28-44H,45H2,1-15H3;/q-2;+2. The van der Waals surface area contributed by atoms with Gasteiger partial charge >= 0.3 is 19.5 Å². The minimum atomic E-state index is -0.0533. The molecule has 6 heterocycles. The molecule has 8 bridgehead atoms. The second-order valence-corrected chi connectivity index (χ2v) is 29.8. The van der Waals surface area contributed by atoms with Gasteiger partial charge < -0.3 is 14.5 Å². The molecule has 5 nitrogen and oxygen atoms in total. The Labute approximate surface area is 561 Å². The molecule has 448 valence electrons. The Morgan fingerprint density at radius 1 is 0.424 bits per heavy atom. The predicted octanol–water partition coefficient (Wildman–Crippen LogP) is 22.3. The van der Waals surface area contributed by atoms with Gasteiger partial charge in [0.15, 0.2) is 0 Å². The van der Waals surface area contributed by atoms with E-state index in [0.717, 1.165) is 116 Å². The summed E-state index contributed by atoms with van der Waals surface area (Å²) in [5, 5.41) is 9.98. The molecule has 4 aromatic heterocycles. The van der Waals surface area contributed by atoms with Crippen LogP contribution in [0.3, 0.4) is 0 Å². The van der Waals surface area contributed by atoms with E-state index in [2.05, 4.69) is 300 Å². The van der Waals surface area contributed by atoms with Crippen molar-refractivity contribution in [2.45, 2.75) is 127 Å². The fourth-order valence-corrected chi connectivity index (χ4v) is 15.3. The van der Waals surface area contributed by atoms with E-state index in [0.29, 0.717) is 6.54 Å². The summed E-state index contributed by atoms with van der Waals surface area (Å²) in [4.78, 5) is 22.1. The van der Waals surface area contributed by atoms with Crippen LogP contribution < -0.4 is 9.97 Å². The van der Waals surface area contributed by atoms with Crippen LogP contribution in [-0.2, 0) is 42.3 Å². The number of aryl methyl sites for hydroxylation is 6. The Kier molecular flexibility index (Phi) is 14.6. The first-order chi connectivity index (χ1) is 43.4. The van der Waals surface area contributed by atoms with Gasteiger partial charge in [0, 0.05) is 43.7 Å². The molecule has 15 rings (SSSR count). The topological polar surface area (TPSA) is 58.9 Å². The summed E-state index contributed by atoms with van der Waals surface area (Å²) in [6, 6.07) is 52.8. The van der Waals surface area contributed by atoms with Crippen molar-refractivity contribution >= 4 is 116 Å². The summed E-state index contributed by atoms with van der Waals surface area (Å²) in [5.74, 6) is 7.82. The molecule has 0 fully saturated rings. The number of fused-ring (bicyclic) bond motifs is 9. The van der Waals surface area contributed by atoms with E-state index in [9.17, 15) is 0 Å². The maximum absolute atomic E-state index is 5.65. The molecule has 92 heavy (non-hydrogen) atoms. The predicted molar refractivity (Wildman–Crippen MR) is 391 cm³/mol. The normalized spacial score (nSPS) is 12.8. The fraction of sp³-hybridized carbons (Fsp3) is 0.224. The van der Waals surface area contributed by atoms with Gasteiger partial charge in [0.25, 0.3) is 0 Å². The van der Waals surface area contributed by atoms with Crippen molar-refractivity contribution in [3.63, 3.8) is 0 Å². The van der Waals surface area contributed by atoms with Crippen molar-refractivity contribution in [3.05, 3.63) is 234 Å². The van der Waals surface area contributed by atoms with Crippen molar-refractivity contribution in [1.29, 1.82) is 0 Å². The van der Waals surface area contributed by atoms with E-state index in [4.69, 9.17) is 19.9 Å². The Morgan fingerprint density at radius 3 is 1.43 bits per heavy atom. The average molecular weight is 1310 g/mol. The van der Waals surface area contributed by atoms with Gasteiger partial charge in [0.05, 0.1) is 33.8 Å². The molecular formula is C85H74BrN5Zn. The Hall–Kier alpha value is -8.66. The Balaban J connectivity index is 0.00000735. The largest absolute Gasteiger partial charge is 2.00 e. The molecule has 0 amide bonds. The van der Waals surface area contributed by atoms with Gasteiger partial charge in [-0.1, -0.05) is 213 Å². The molecular weight excluding hydrogens is 1240 g/mol. The molecule has 0 saturated carbocycles. The van der Waals surface area contributed by atoms with Crippen molar-refractivity contribution in [3.8, 4) is 45.2 Å². The SMILES string of the molecule is Cc1cc(C)c(-c2c3nc(c(C#Cc4cc5c6c7c4cccc7c4cccc7c(-c8ccc(C(C)(C)C)cc8)cc(c6c74)n5Cc4cc(C(C)(C)C)cc(C(C)(C)C)c4)c4ccc([n-]4)c(-c4c(C)cc(C)cc4C)c4nc(c(Br)c5ccc2[n-]5)C=C4)C=C3)c(C)c1.[Zn+2]. The molecule has 0 N–H and O–H groups in total. The number of hydrogen-bond acceptors (Lipinski definition) is 2. The smallest absolute Gasteiger partial charge is 0.656 e. The molecule has 0 atom stereocenters. The van der Waals surface area contributed by atoms with E-state index in [1.165, 1.54) is 87.7 Å². The Morgan fingerprint density at radius 2 is 0.880 bits per heavy atom. The number of rotatable bonds is 5. The monoisotopic (exact) mass is 1310 g/mol. The van der Waals surface area contributed by atoms with E-state index in [-0.39, 0.29) is 35.7 Å². The zero-order valence-corrected chi connectivity index (χ0v) is 60.2. The van der Waals surface area contributed by atoms with E-state index >= 15 is 0 Å². The summed E-state index contributed by atoms with van der Waals surface area (Å²) in [5.41, 5.74) is 29.4. The molecule has 0 saturated heterocycles. The number of aromatic nitrogens is 5. The summed E-state index contributed by atoms with van der Waals surface area (Å²) >= 11 is 4.00. The third kappa shape index (κ3) is 10.1. The van der Waals surface area contributed by atoms with Crippen LogP contribution in [0.1, 0.15) is 152 Å². The van der Waals surface area contributed by atoms with Crippen LogP contribution in [-0.4, -0.2) is 14.5 Å². The molecule has 7 heteroatoms.